The molecule has 134 valence electrons. The van der Waals surface area contributed by atoms with Crippen molar-refractivity contribution in [2.24, 2.45) is 0 Å². The van der Waals surface area contributed by atoms with E-state index in [-0.39, 0.29) is 16.5 Å². The summed E-state index contributed by atoms with van der Waals surface area (Å²) in [5.74, 6) is 1.33. The zero-order valence-corrected chi connectivity index (χ0v) is 14.9. The summed E-state index contributed by atoms with van der Waals surface area (Å²) in [4.78, 5) is 0.0620. The summed E-state index contributed by atoms with van der Waals surface area (Å²) in [6, 6.07) is 13.6. The van der Waals surface area contributed by atoms with Crippen molar-refractivity contribution >= 4 is 10.0 Å². The molecule has 0 bridgehead atoms. The average Bonchev–Trinajstić information content (AvgIpc) is 3.18. The largest absolute Gasteiger partial charge is 0.486 e. The summed E-state index contributed by atoms with van der Waals surface area (Å²) in [7, 11) is -3.76. The van der Waals surface area contributed by atoms with Gasteiger partial charge in [0.1, 0.15) is 19.3 Å². The smallest absolute Gasteiger partial charge is 0.244 e. The number of hydrogen-bond donors (Lipinski definition) is 0. The highest BCUT2D eigenvalue weighted by Crippen LogP contribution is 2.40. The van der Waals surface area contributed by atoms with Crippen LogP contribution in [0.15, 0.2) is 47.4 Å². The molecule has 0 spiro atoms. The first-order valence-electron chi connectivity index (χ1n) is 8.52. The Morgan fingerprint density at radius 2 is 1.85 bits per heavy atom. The van der Waals surface area contributed by atoms with Gasteiger partial charge in [0.2, 0.25) is 10.0 Å². The Labute approximate surface area is 152 Å². The van der Waals surface area contributed by atoms with Gasteiger partial charge in [-0.3, -0.25) is 0 Å². The molecule has 0 aliphatic carbocycles. The Balaban J connectivity index is 1.72. The molecule has 1 fully saturated rings. The van der Waals surface area contributed by atoms with Crippen molar-refractivity contribution in [1.29, 1.82) is 5.26 Å². The van der Waals surface area contributed by atoms with Gasteiger partial charge in [0.25, 0.3) is 0 Å². The van der Waals surface area contributed by atoms with Crippen LogP contribution in [0.25, 0.3) is 0 Å². The molecule has 26 heavy (non-hydrogen) atoms. The monoisotopic (exact) mass is 370 g/mol. The van der Waals surface area contributed by atoms with Crippen molar-refractivity contribution in [1.82, 2.24) is 4.31 Å². The second-order valence-electron chi connectivity index (χ2n) is 6.28. The second-order valence-corrected chi connectivity index (χ2v) is 8.14. The minimum atomic E-state index is -3.76. The van der Waals surface area contributed by atoms with E-state index >= 15 is 0 Å². The van der Waals surface area contributed by atoms with E-state index in [0.717, 1.165) is 18.4 Å². The fourth-order valence-corrected chi connectivity index (χ4v) is 5.36. The van der Waals surface area contributed by atoms with E-state index in [1.807, 2.05) is 24.3 Å². The van der Waals surface area contributed by atoms with E-state index in [2.05, 4.69) is 0 Å². The summed E-state index contributed by atoms with van der Waals surface area (Å²) in [5.41, 5.74) is 1.05. The van der Waals surface area contributed by atoms with Gasteiger partial charge >= 0.3 is 0 Å². The third-order valence-electron chi connectivity index (χ3n) is 4.75. The van der Waals surface area contributed by atoms with Crippen LogP contribution in [0.2, 0.25) is 0 Å². The van der Waals surface area contributed by atoms with Crippen LogP contribution in [0.5, 0.6) is 11.5 Å². The highest BCUT2D eigenvalue weighted by atomic mass is 32.2. The molecule has 2 aliphatic heterocycles. The van der Waals surface area contributed by atoms with Crippen LogP contribution in [0.4, 0.5) is 0 Å². The van der Waals surface area contributed by atoms with Crippen LogP contribution in [0.3, 0.4) is 0 Å². The molecule has 1 atom stereocenters. The number of nitriles is 1. The van der Waals surface area contributed by atoms with Crippen molar-refractivity contribution in [3.05, 3.63) is 53.6 Å². The lowest BCUT2D eigenvalue weighted by atomic mass is 10.0. The molecular formula is C19H18N2O4S. The van der Waals surface area contributed by atoms with Gasteiger partial charge in [-0.15, -0.1) is 0 Å². The number of fused-ring (bicyclic) bond motifs is 1. The average molecular weight is 370 g/mol. The first-order chi connectivity index (χ1) is 12.6. The lowest BCUT2D eigenvalue weighted by Crippen LogP contribution is -2.31. The predicted octanol–water partition coefficient (Wildman–Crippen LogP) is 2.86. The van der Waals surface area contributed by atoms with Gasteiger partial charge in [-0.2, -0.15) is 9.57 Å². The molecule has 2 aromatic rings. The zero-order chi connectivity index (χ0) is 18.1. The van der Waals surface area contributed by atoms with Crippen molar-refractivity contribution in [2.45, 2.75) is 23.8 Å². The van der Waals surface area contributed by atoms with Crippen LogP contribution in [-0.2, 0) is 10.0 Å². The summed E-state index contributed by atoms with van der Waals surface area (Å²) in [6.45, 7) is 1.43. The second kappa shape index (κ2) is 6.63. The lowest BCUT2D eigenvalue weighted by Gasteiger charge is -2.26. The van der Waals surface area contributed by atoms with Crippen LogP contribution in [-0.4, -0.2) is 32.5 Å². The fraction of sp³-hybridized carbons (Fsp3) is 0.316. The van der Waals surface area contributed by atoms with E-state index in [0.29, 0.717) is 31.3 Å². The highest BCUT2D eigenvalue weighted by molar-refractivity contribution is 7.89. The minimum Gasteiger partial charge on any atom is -0.486 e. The molecule has 0 unspecified atom stereocenters. The summed E-state index contributed by atoms with van der Waals surface area (Å²) in [6.07, 6.45) is 1.50. The Morgan fingerprint density at radius 3 is 2.65 bits per heavy atom. The molecule has 0 radical (unpaired) electrons. The van der Waals surface area contributed by atoms with E-state index in [1.54, 1.807) is 12.1 Å². The SMILES string of the molecule is N#Cc1ccccc1S(=O)(=O)N1CCC[C@@H]1c1ccc2c(c1)OCCO2. The third kappa shape index (κ3) is 2.81. The lowest BCUT2D eigenvalue weighted by molar-refractivity contribution is 0.171. The van der Waals surface area contributed by atoms with E-state index < -0.39 is 10.0 Å². The number of nitrogens with zero attached hydrogens (tertiary/aromatic N) is 2. The van der Waals surface area contributed by atoms with Gasteiger partial charge in [0, 0.05) is 6.54 Å². The van der Waals surface area contributed by atoms with Crippen molar-refractivity contribution in [3.63, 3.8) is 0 Å². The minimum absolute atomic E-state index is 0.0620. The molecule has 2 heterocycles. The number of sulfonamides is 1. The van der Waals surface area contributed by atoms with Crippen molar-refractivity contribution in [2.75, 3.05) is 19.8 Å². The van der Waals surface area contributed by atoms with Crippen LogP contribution in [0, 0.1) is 11.3 Å². The van der Waals surface area contributed by atoms with E-state index in [9.17, 15) is 13.7 Å². The zero-order valence-electron chi connectivity index (χ0n) is 14.1. The summed E-state index contributed by atoms with van der Waals surface area (Å²) >= 11 is 0. The maximum atomic E-state index is 13.2. The molecule has 2 aliphatic rings. The first-order valence-corrected chi connectivity index (χ1v) is 9.96. The fourth-order valence-electron chi connectivity index (χ4n) is 3.54. The standard InChI is InChI=1S/C19H18N2O4S/c20-13-15-4-1-2-6-19(15)26(22,23)21-9-3-5-16(21)14-7-8-17-18(12-14)25-11-10-24-17/h1-2,4,6-8,12,16H,3,5,9-11H2/t16-/m1/s1. The van der Waals surface area contributed by atoms with Gasteiger partial charge in [0.15, 0.2) is 11.5 Å². The van der Waals surface area contributed by atoms with Crippen LogP contribution < -0.4 is 9.47 Å². The molecule has 6 nitrogen and oxygen atoms in total. The number of ether oxygens (including phenoxy) is 2. The van der Waals surface area contributed by atoms with Crippen molar-refractivity contribution < 1.29 is 17.9 Å². The topological polar surface area (TPSA) is 79.6 Å². The van der Waals surface area contributed by atoms with Gasteiger partial charge in [-0.1, -0.05) is 18.2 Å². The van der Waals surface area contributed by atoms with Crippen LogP contribution >= 0.6 is 0 Å². The molecule has 7 heteroatoms. The summed E-state index contributed by atoms with van der Waals surface area (Å²) < 4.78 is 39.1. The normalized spacial score (nSPS) is 19.9. The van der Waals surface area contributed by atoms with E-state index in [1.165, 1.54) is 16.4 Å². The highest BCUT2D eigenvalue weighted by Gasteiger charge is 2.37. The first kappa shape index (κ1) is 16.9. The molecular weight excluding hydrogens is 352 g/mol. The third-order valence-corrected chi connectivity index (χ3v) is 6.72. The summed E-state index contributed by atoms with van der Waals surface area (Å²) in [5, 5.41) is 9.28. The van der Waals surface area contributed by atoms with Gasteiger partial charge in [-0.05, 0) is 42.7 Å². The quantitative estimate of drug-likeness (QED) is 0.830. The number of rotatable bonds is 3. The van der Waals surface area contributed by atoms with Gasteiger partial charge in [0.05, 0.1) is 16.5 Å². The van der Waals surface area contributed by atoms with E-state index in [4.69, 9.17) is 9.47 Å². The van der Waals surface area contributed by atoms with Crippen molar-refractivity contribution in [3.8, 4) is 17.6 Å². The maximum absolute atomic E-state index is 13.2. The Bertz CT molecular complexity index is 981. The Morgan fingerprint density at radius 1 is 1.08 bits per heavy atom. The molecule has 0 aromatic heterocycles. The maximum Gasteiger partial charge on any atom is 0.244 e. The molecule has 0 saturated carbocycles. The molecule has 2 aromatic carbocycles. The van der Waals surface area contributed by atoms with Gasteiger partial charge < -0.3 is 9.47 Å². The molecule has 4 rings (SSSR count). The number of hydrogen-bond acceptors (Lipinski definition) is 5. The Kier molecular flexibility index (Phi) is 4.31. The predicted molar refractivity (Wildman–Crippen MR) is 94.5 cm³/mol. The van der Waals surface area contributed by atoms with Gasteiger partial charge in [-0.25, -0.2) is 8.42 Å². The molecule has 0 N–H and O–H groups in total. The molecule has 0 amide bonds. The van der Waals surface area contributed by atoms with Crippen LogP contribution in [0.1, 0.15) is 30.0 Å². The Hall–Kier alpha value is -2.56. The number of benzene rings is 2. The molecule has 1 saturated heterocycles.